The molecule has 1 aromatic heterocycles. The number of nitrogens with one attached hydrogen (secondary N) is 1. The van der Waals surface area contributed by atoms with Crippen LogP contribution in [0.1, 0.15) is 5.56 Å². The van der Waals surface area contributed by atoms with Gasteiger partial charge in [-0.1, -0.05) is 0 Å². The summed E-state index contributed by atoms with van der Waals surface area (Å²) in [5.74, 6) is -0.936. The highest BCUT2D eigenvalue weighted by atomic mass is 79.9. The van der Waals surface area contributed by atoms with Crippen molar-refractivity contribution >= 4 is 33.4 Å². The van der Waals surface area contributed by atoms with E-state index in [2.05, 4.69) is 31.2 Å². The Labute approximate surface area is 110 Å². The van der Waals surface area contributed by atoms with E-state index in [-0.39, 0.29) is 16.1 Å². The highest BCUT2D eigenvalue weighted by Crippen LogP contribution is 2.26. The molecule has 2 aromatic rings. The van der Waals surface area contributed by atoms with Crippen LogP contribution in [0.4, 0.5) is 26.2 Å². The second kappa shape index (κ2) is 4.85. The van der Waals surface area contributed by atoms with Gasteiger partial charge in [0, 0.05) is 17.8 Å². The van der Waals surface area contributed by atoms with Crippen molar-refractivity contribution in [3.63, 3.8) is 0 Å². The number of hydrogen-bond acceptors (Lipinski definition) is 4. The van der Waals surface area contributed by atoms with E-state index < -0.39 is 11.6 Å². The number of aryl methyl sites for hydroxylation is 1. The molecule has 3 N–H and O–H groups in total. The van der Waals surface area contributed by atoms with Crippen LogP contribution in [0.3, 0.4) is 0 Å². The lowest BCUT2D eigenvalue weighted by atomic mass is 10.2. The minimum absolute atomic E-state index is 0.0738. The molecule has 18 heavy (non-hydrogen) atoms. The maximum Gasteiger partial charge on any atom is 0.221 e. The van der Waals surface area contributed by atoms with Crippen molar-refractivity contribution in [1.29, 1.82) is 0 Å². The summed E-state index contributed by atoms with van der Waals surface area (Å²) < 4.78 is 26.8. The SMILES string of the molecule is Cc1cnc(N)nc1Nc1cc(Br)c(F)cc1F. The summed E-state index contributed by atoms with van der Waals surface area (Å²) in [5.41, 5.74) is 6.25. The lowest BCUT2D eigenvalue weighted by Gasteiger charge is -2.10. The molecule has 0 saturated carbocycles. The van der Waals surface area contributed by atoms with Crippen LogP contribution in [0.2, 0.25) is 0 Å². The van der Waals surface area contributed by atoms with E-state index >= 15 is 0 Å². The summed E-state index contributed by atoms with van der Waals surface area (Å²) in [7, 11) is 0. The van der Waals surface area contributed by atoms with E-state index in [1.807, 2.05) is 0 Å². The monoisotopic (exact) mass is 314 g/mol. The summed E-state index contributed by atoms with van der Waals surface area (Å²) in [6, 6.07) is 2.08. The summed E-state index contributed by atoms with van der Waals surface area (Å²) >= 11 is 2.99. The molecule has 0 aliphatic rings. The third kappa shape index (κ3) is 2.56. The first-order chi connectivity index (χ1) is 8.47. The number of benzene rings is 1. The molecule has 0 bridgehead atoms. The van der Waals surface area contributed by atoms with Gasteiger partial charge in [-0.2, -0.15) is 4.98 Å². The Morgan fingerprint density at radius 3 is 2.72 bits per heavy atom. The van der Waals surface area contributed by atoms with Crippen LogP contribution in [0.5, 0.6) is 0 Å². The Morgan fingerprint density at radius 1 is 1.28 bits per heavy atom. The molecule has 0 spiro atoms. The van der Waals surface area contributed by atoms with Crippen molar-refractivity contribution in [3.8, 4) is 0 Å². The van der Waals surface area contributed by atoms with Gasteiger partial charge in [-0.15, -0.1) is 0 Å². The molecule has 0 radical (unpaired) electrons. The van der Waals surface area contributed by atoms with Crippen LogP contribution < -0.4 is 11.1 Å². The first kappa shape index (κ1) is 12.7. The van der Waals surface area contributed by atoms with Crippen LogP contribution in [-0.2, 0) is 0 Å². The van der Waals surface area contributed by atoms with Gasteiger partial charge in [-0.25, -0.2) is 13.8 Å². The maximum absolute atomic E-state index is 13.6. The second-order valence-electron chi connectivity index (χ2n) is 3.63. The molecule has 1 aromatic carbocycles. The van der Waals surface area contributed by atoms with Gasteiger partial charge in [0.15, 0.2) is 0 Å². The Kier molecular flexibility index (Phi) is 3.42. The number of nitrogens with two attached hydrogens (primary N) is 1. The van der Waals surface area contributed by atoms with Gasteiger partial charge in [-0.05, 0) is 28.9 Å². The van der Waals surface area contributed by atoms with Gasteiger partial charge in [0.2, 0.25) is 5.95 Å². The van der Waals surface area contributed by atoms with E-state index in [0.717, 1.165) is 6.07 Å². The molecule has 0 aliphatic heterocycles. The Bertz CT molecular complexity index is 604. The van der Waals surface area contributed by atoms with Gasteiger partial charge in [0.25, 0.3) is 0 Å². The number of aromatic nitrogens is 2. The maximum atomic E-state index is 13.6. The van der Waals surface area contributed by atoms with Gasteiger partial charge in [0.1, 0.15) is 17.5 Å². The second-order valence-corrected chi connectivity index (χ2v) is 4.49. The molecule has 0 fully saturated rings. The molecular formula is C11H9BrF2N4. The summed E-state index contributed by atoms with van der Waals surface area (Å²) in [5, 5.41) is 2.75. The molecule has 7 heteroatoms. The fraction of sp³-hybridized carbons (Fsp3) is 0.0909. The average Bonchev–Trinajstić information content (AvgIpc) is 2.30. The predicted octanol–water partition coefficient (Wildman–Crippen LogP) is 3.15. The Morgan fingerprint density at radius 2 is 2.00 bits per heavy atom. The minimum Gasteiger partial charge on any atom is -0.368 e. The number of hydrogen-bond donors (Lipinski definition) is 2. The zero-order valence-electron chi connectivity index (χ0n) is 9.34. The highest BCUT2D eigenvalue weighted by molar-refractivity contribution is 9.10. The topological polar surface area (TPSA) is 63.8 Å². The third-order valence-electron chi connectivity index (χ3n) is 2.25. The van der Waals surface area contributed by atoms with Crippen LogP contribution in [0, 0.1) is 18.6 Å². The smallest absolute Gasteiger partial charge is 0.221 e. The quantitative estimate of drug-likeness (QED) is 0.836. The van der Waals surface area contributed by atoms with E-state index in [1.165, 1.54) is 12.3 Å². The van der Waals surface area contributed by atoms with E-state index in [4.69, 9.17) is 5.73 Å². The molecular weight excluding hydrogens is 306 g/mol. The number of nitrogen functional groups attached to an aromatic ring is 1. The standard InChI is InChI=1S/C11H9BrF2N4/c1-5-4-16-11(15)18-10(5)17-9-2-6(12)7(13)3-8(9)14/h2-4H,1H3,(H3,15,16,17,18). The Balaban J connectivity index is 2.40. The van der Waals surface area contributed by atoms with Crippen molar-refractivity contribution in [2.75, 3.05) is 11.1 Å². The van der Waals surface area contributed by atoms with Crippen molar-refractivity contribution in [2.24, 2.45) is 0 Å². The van der Waals surface area contributed by atoms with Crippen molar-refractivity contribution < 1.29 is 8.78 Å². The number of anilines is 3. The fourth-order valence-electron chi connectivity index (χ4n) is 1.33. The molecule has 94 valence electrons. The number of nitrogens with zero attached hydrogens (tertiary/aromatic N) is 2. The van der Waals surface area contributed by atoms with E-state index in [1.54, 1.807) is 6.92 Å². The molecule has 0 atom stereocenters. The molecule has 0 aliphatic carbocycles. The number of halogens is 3. The summed E-state index contributed by atoms with van der Waals surface area (Å²) in [6.07, 6.45) is 1.52. The van der Waals surface area contributed by atoms with Crippen LogP contribution in [-0.4, -0.2) is 9.97 Å². The van der Waals surface area contributed by atoms with E-state index in [9.17, 15) is 8.78 Å². The van der Waals surface area contributed by atoms with Crippen LogP contribution >= 0.6 is 15.9 Å². The molecule has 0 amide bonds. The van der Waals surface area contributed by atoms with Crippen molar-refractivity contribution in [2.45, 2.75) is 6.92 Å². The summed E-state index contributed by atoms with van der Waals surface area (Å²) in [6.45, 7) is 1.75. The van der Waals surface area contributed by atoms with Crippen molar-refractivity contribution in [1.82, 2.24) is 9.97 Å². The molecule has 0 saturated heterocycles. The highest BCUT2D eigenvalue weighted by Gasteiger charge is 2.10. The van der Waals surface area contributed by atoms with Crippen LogP contribution in [0.25, 0.3) is 0 Å². The van der Waals surface area contributed by atoms with E-state index in [0.29, 0.717) is 11.4 Å². The van der Waals surface area contributed by atoms with Gasteiger partial charge < -0.3 is 11.1 Å². The molecule has 4 nitrogen and oxygen atoms in total. The fourth-order valence-corrected chi connectivity index (χ4v) is 1.67. The lowest BCUT2D eigenvalue weighted by molar-refractivity contribution is 0.581. The molecule has 0 unspecified atom stereocenters. The number of rotatable bonds is 2. The zero-order valence-corrected chi connectivity index (χ0v) is 10.9. The minimum atomic E-state index is -0.715. The summed E-state index contributed by atoms with van der Waals surface area (Å²) in [4.78, 5) is 7.74. The molecule has 2 rings (SSSR count). The largest absolute Gasteiger partial charge is 0.368 e. The normalized spacial score (nSPS) is 10.4. The van der Waals surface area contributed by atoms with Gasteiger partial charge >= 0.3 is 0 Å². The average molecular weight is 315 g/mol. The van der Waals surface area contributed by atoms with Crippen molar-refractivity contribution in [3.05, 3.63) is 40.0 Å². The predicted molar refractivity (Wildman–Crippen MR) is 68.5 cm³/mol. The first-order valence-corrected chi connectivity index (χ1v) is 5.77. The first-order valence-electron chi connectivity index (χ1n) is 4.98. The van der Waals surface area contributed by atoms with Crippen LogP contribution in [0.15, 0.2) is 22.8 Å². The Hall–Kier alpha value is -1.76. The third-order valence-corrected chi connectivity index (χ3v) is 2.86. The van der Waals surface area contributed by atoms with Gasteiger partial charge in [0.05, 0.1) is 10.2 Å². The van der Waals surface area contributed by atoms with Gasteiger partial charge in [-0.3, -0.25) is 0 Å². The zero-order chi connectivity index (χ0) is 13.3. The molecule has 1 heterocycles. The lowest BCUT2D eigenvalue weighted by Crippen LogP contribution is -2.03.